The second-order valence-corrected chi connectivity index (χ2v) is 7.63. The van der Waals surface area contributed by atoms with Gasteiger partial charge in [0.25, 0.3) is 0 Å². The summed E-state index contributed by atoms with van der Waals surface area (Å²) in [6.07, 6.45) is 3.21. The van der Waals surface area contributed by atoms with Gasteiger partial charge in [0.2, 0.25) is 10.0 Å². The highest BCUT2D eigenvalue weighted by Crippen LogP contribution is 2.20. The Kier molecular flexibility index (Phi) is 4.28. The topological polar surface area (TPSA) is 72.2 Å². The Hall–Kier alpha value is -2.96. The van der Waals surface area contributed by atoms with Gasteiger partial charge >= 0.3 is 0 Å². The summed E-state index contributed by atoms with van der Waals surface area (Å²) in [5.41, 5.74) is 1.47. The van der Waals surface area contributed by atoms with E-state index in [2.05, 4.69) is 9.71 Å². The smallest absolute Gasteiger partial charge is 0.240 e. The van der Waals surface area contributed by atoms with Gasteiger partial charge in [0, 0.05) is 12.7 Å². The Morgan fingerprint density at radius 2 is 1.77 bits per heavy atom. The lowest BCUT2D eigenvalue weighted by molar-refractivity contribution is 0.579. The van der Waals surface area contributed by atoms with Gasteiger partial charge in [0.1, 0.15) is 5.69 Å². The number of nitrogens with zero attached hydrogens (tertiary/aromatic N) is 1. The van der Waals surface area contributed by atoms with Gasteiger partial charge in [0.05, 0.1) is 11.2 Å². The fourth-order valence-electron chi connectivity index (χ4n) is 2.74. The summed E-state index contributed by atoms with van der Waals surface area (Å²) >= 11 is 0. The first-order valence-corrected chi connectivity index (χ1v) is 9.57. The zero-order valence-corrected chi connectivity index (χ0v) is 14.6. The third-order valence-electron chi connectivity index (χ3n) is 4.10. The van der Waals surface area contributed by atoms with Gasteiger partial charge in [-0.25, -0.2) is 13.1 Å². The summed E-state index contributed by atoms with van der Waals surface area (Å²) < 4.78 is 33.2. The number of nitrogens with one attached hydrogen (secondary N) is 1. The van der Waals surface area contributed by atoms with Crippen LogP contribution >= 0.6 is 0 Å². The number of pyridine rings is 1. The van der Waals surface area contributed by atoms with E-state index >= 15 is 0 Å². The maximum absolute atomic E-state index is 12.6. The number of benzene rings is 2. The normalized spacial score (nSPS) is 11.7. The molecule has 2 aromatic heterocycles. The Morgan fingerprint density at radius 1 is 0.923 bits per heavy atom. The molecule has 0 saturated carbocycles. The van der Waals surface area contributed by atoms with Crippen LogP contribution in [0, 0.1) is 0 Å². The molecule has 0 aliphatic rings. The summed E-state index contributed by atoms with van der Waals surface area (Å²) in [5.74, 6) is 0.643. The molecule has 0 atom stereocenters. The Labute approximate surface area is 151 Å². The van der Waals surface area contributed by atoms with Crippen molar-refractivity contribution in [3.8, 4) is 11.5 Å². The average molecular weight is 364 g/mol. The molecule has 0 saturated heterocycles. The SMILES string of the molecule is O=S(=O)(NCc1ccnc(-c2ccco2)c1)c1ccc2ccccc2c1. The third-order valence-corrected chi connectivity index (χ3v) is 5.49. The highest BCUT2D eigenvalue weighted by Gasteiger charge is 2.14. The van der Waals surface area contributed by atoms with E-state index < -0.39 is 10.0 Å². The Bertz CT molecular complexity index is 1150. The van der Waals surface area contributed by atoms with Crippen LogP contribution in [0.3, 0.4) is 0 Å². The van der Waals surface area contributed by atoms with E-state index in [-0.39, 0.29) is 11.4 Å². The van der Waals surface area contributed by atoms with Crippen LogP contribution in [0.15, 0.2) is 88.5 Å². The van der Waals surface area contributed by atoms with Gasteiger partial charge in [-0.15, -0.1) is 0 Å². The van der Waals surface area contributed by atoms with E-state index in [1.165, 1.54) is 0 Å². The monoisotopic (exact) mass is 364 g/mol. The second-order valence-electron chi connectivity index (χ2n) is 5.86. The zero-order valence-electron chi connectivity index (χ0n) is 13.8. The predicted octanol–water partition coefficient (Wildman–Crippen LogP) is 3.97. The number of sulfonamides is 1. The van der Waals surface area contributed by atoms with Gasteiger partial charge in [-0.1, -0.05) is 30.3 Å². The summed E-state index contributed by atoms with van der Waals surface area (Å²) in [7, 11) is -3.61. The van der Waals surface area contributed by atoms with Crippen LogP contribution in [-0.4, -0.2) is 13.4 Å². The fraction of sp³-hybridized carbons (Fsp3) is 0.0500. The van der Waals surface area contributed by atoms with Crippen molar-refractivity contribution >= 4 is 20.8 Å². The predicted molar refractivity (Wildman–Crippen MR) is 99.9 cm³/mol. The first-order valence-electron chi connectivity index (χ1n) is 8.09. The minimum Gasteiger partial charge on any atom is -0.463 e. The molecule has 2 aromatic carbocycles. The number of hydrogen-bond donors (Lipinski definition) is 1. The molecule has 0 fully saturated rings. The number of hydrogen-bond acceptors (Lipinski definition) is 4. The standard InChI is InChI=1S/C20H16N2O3S/c23-26(24,18-8-7-16-4-1-2-5-17(16)13-18)22-14-15-9-10-21-19(12-15)20-6-3-11-25-20/h1-13,22H,14H2. The lowest BCUT2D eigenvalue weighted by Gasteiger charge is -2.08. The van der Waals surface area contributed by atoms with Gasteiger partial charge in [0.15, 0.2) is 5.76 Å². The van der Waals surface area contributed by atoms with Crippen LogP contribution in [0.25, 0.3) is 22.2 Å². The Morgan fingerprint density at radius 3 is 2.58 bits per heavy atom. The van der Waals surface area contributed by atoms with E-state index in [0.717, 1.165) is 16.3 Å². The van der Waals surface area contributed by atoms with E-state index in [4.69, 9.17) is 4.42 Å². The summed E-state index contributed by atoms with van der Waals surface area (Å²) in [5, 5.41) is 1.89. The highest BCUT2D eigenvalue weighted by atomic mass is 32.2. The van der Waals surface area contributed by atoms with Crippen molar-refractivity contribution in [1.29, 1.82) is 0 Å². The summed E-state index contributed by atoms with van der Waals surface area (Å²) in [6, 6.07) is 19.9. The first kappa shape index (κ1) is 16.5. The van der Waals surface area contributed by atoms with E-state index in [0.29, 0.717) is 11.5 Å². The molecule has 4 rings (SSSR count). The molecular weight excluding hydrogens is 348 g/mol. The zero-order chi connectivity index (χ0) is 18.0. The Balaban J connectivity index is 1.55. The van der Waals surface area contributed by atoms with E-state index in [1.54, 1.807) is 36.7 Å². The molecule has 5 nitrogen and oxygen atoms in total. The second kappa shape index (κ2) is 6.74. The lowest BCUT2D eigenvalue weighted by atomic mass is 10.1. The molecule has 6 heteroatoms. The molecule has 0 spiro atoms. The number of rotatable bonds is 5. The minimum absolute atomic E-state index is 0.172. The van der Waals surface area contributed by atoms with Crippen LogP contribution in [0.4, 0.5) is 0 Å². The van der Waals surface area contributed by atoms with Crippen LogP contribution < -0.4 is 4.72 Å². The quantitative estimate of drug-likeness (QED) is 0.581. The molecule has 130 valence electrons. The molecule has 0 aliphatic heterocycles. The van der Waals surface area contributed by atoms with Crippen molar-refractivity contribution in [2.75, 3.05) is 0 Å². The van der Waals surface area contributed by atoms with Gasteiger partial charge < -0.3 is 4.42 Å². The van der Waals surface area contributed by atoms with Crippen LogP contribution in [0.1, 0.15) is 5.56 Å². The maximum Gasteiger partial charge on any atom is 0.240 e. The van der Waals surface area contributed by atoms with Crippen molar-refractivity contribution in [3.05, 3.63) is 84.8 Å². The molecule has 0 amide bonds. The highest BCUT2D eigenvalue weighted by molar-refractivity contribution is 7.89. The summed E-state index contributed by atoms with van der Waals surface area (Å²) in [4.78, 5) is 4.49. The maximum atomic E-state index is 12.6. The lowest BCUT2D eigenvalue weighted by Crippen LogP contribution is -2.23. The van der Waals surface area contributed by atoms with Crippen molar-refractivity contribution in [2.24, 2.45) is 0 Å². The molecule has 0 radical (unpaired) electrons. The molecule has 0 aliphatic carbocycles. The van der Waals surface area contributed by atoms with Gasteiger partial charge in [-0.3, -0.25) is 4.98 Å². The molecule has 0 unspecified atom stereocenters. The minimum atomic E-state index is -3.61. The fourth-order valence-corrected chi connectivity index (χ4v) is 3.79. The van der Waals surface area contributed by atoms with Crippen molar-refractivity contribution in [3.63, 3.8) is 0 Å². The van der Waals surface area contributed by atoms with E-state index in [1.807, 2.05) is 42.5 Å². The average Bonchev–Trinajstić information content (AvgIpc) is 3.21. The van der Waals surface area contributed by atoms with E-state index in [9.17, 15) is 8.42 Å². The van der Waals surface area contributed by atoms with Crippen LogP contribution in [0.5, 0.6) is 0 Å². The van der Waals surface area contributed by atoms with Crippen molar-refractivity contribution in [1.82, 2.24) is 9.71 Å². The van der Waals surface area contributed by atoms with Gasteiger partial charge in [-0.2, -0.15) is 0 Å². The largest absolute Gasteiger partial charge is 0.463 e. The van der Waals surface area contributed by atoms with Crippen molar-refractivity contribution < 1.29 is 12.8 Å². The van der Waals surface area contributed by atoms with Crippen LogP contribution in [0.2, 0.25) is 0 Å². The third kappa shape index (κ3) is 3.37. The number of fused-ring (bicyclic) bond motifs is 1. The van der Waals surface area contributed by atoms with Crippen LogP contribution in [-0.2, 0) is 16.6 Å². The molecule has 1 N–H and O–H groups in total. The van der Waals surface area contributed by atoms with Crippen molar-refractivity contribution in [2.45, 2.75) is 11.4 Å². The molecule has 4 aromatic rings. The molecule has 26 heavy (non-hydrogen) atoms. The number of aromatic nitrogens is 1. The molecule has 2 heterocycles. The number of furan rings is 1. The molecular formula is C20H16N2O3S. The summed E-state index contributed by atoms with van der Waals surface area (Å²) in [6.45, 7) is 0.172. The van der Waals surface area contributed by atoms with Gasteiger partial charge in [-0.05, 0) is 52.7 Å². The molecule has 0 bridgehead atoms. The first-order chi connectivity index (χ1) is 12.6.